The molecule has 0 bridgehead atoms. The van der Waals surface area contributed by atoms with Crippen molar-refractivity contribution in [2.24, 2.45) is 7.05 Å². The van der Waals surface area contributed by atoms with Gasteiger partial charge in [0.15, 0.2) is 5.82 Å². The van der Waals surface area contributed by atoms with E-state index in [0.717, 1.165) is 0 Å². The Labute approximate surface area is 116 Å². The van der Waals surface area contributed by atoms with Gasteiger partial charge in [-0.3, -0.25) is 9.48 Å². The molecule has 0 unspecified atom stereocenters. The molecule has 1 heterocycles. The number of carbonyl (C=O) groups is 1. The molecular formula is C13H17N5O2. The minimum Gasteiger partial charge on any atom is -0.497 e. The molecule has 1 aromatic carbocycles. The van der Waals surface area contributed by atoms with Gasteiger partial charge in [-0.25, -0.2) is 4.98 Å². The number of anilines is 1. The lowest BCUT2D eigenvalue weighted by molar-refractivity contribution is 0.0955. The maximum atomic E-state index is 12.0. The molecule has 0 radical (unpaired) electrons. The van der Waals surface area contributed by atoms with E-state index in [4.69, 9.17) is 10.5 Å². The van der Waals surface area contributed by atoms with Gasteiger partial charge >= 0.3 is 0 Å². The zero-order valence-corrected chi connectivity index (χ0v) is 11.5. The molecule has 1 aromatic heterocycles. The minimum atomic E-state index is -0.221. The summed E-state index contributed by atoms with van der Waals surface area (Å²) in [4.78, 5) is 16.1. The van der Waals surface area contributed by atoms with Crippen LogP contribution in [0, 0.1) is 0 Å². The van der Waals surface area contributed by atoms with E-state index in [1.807, 2.05) is 0 Å². The number of hydrogen-bond acceptors (Lipinski definition) is 5. The van der Waals surface area contributed by atoms with Gasteiger partial charge in [0.1, 0.15) is 12.1 Å². The first-order valence-electron chi connectivity index (χ1n) is 6.16. The highest BCUT2D eigenvalue weighted by atomic mass is 16.5. The monoisotopic (exact) mass is 275 g/mol. The molecule has 7 heteroatoms. The number of nitrogens with one attached hydrogen (secondary N) is 1. The standard InChI is InChI=1S/C13H17N5O2/c1-18-8-16-12(17-18)5-6-15-13(19)10-4-3-9(20-2)7-11(10)14/h3-4,7-8H,5-6,14H2,1-2H3,(H,15,19). The summed E-state index contributed by atoms with van der Waals surface area (Å²) in [6.07, 6.45) is 2.20. The van der Waals surface area contributed by atoms with Crippen molar-refractivity contribution < 1.29 is 9.53 Å². The molecule has 0 atom stereocenters. The molecule has 2 rings (SSSR count). The topological polar surface area (TPSA) is 95.1 Å². The molecule has 0 saturated heterocycles. The average Bonchev–Trinajstić information content (AvgIpc) is 2.84. The van der Waals surface area contributed by atoms with Crippen molar-refractivity contribution in [1.29, 1.82) is 0 Å². The van der Waals surface area contributed by atoms with Crippen molar-refractivity contribution in [1.82, 2.24) is 20.1 Å². The first-order valence-corrected chi connectivity index (χ1v) is 6.16. The van der Waals surface area contributed by atoms with Gasteiger partial charge in [0.2, 0.25) is 0 Å². The third-order valence-electron chi connectivity index (χ3n) is 2.78. The number of amides is 1. The van der Waals surface area contributed by atoms with Crippen LogP contribution in [-0.2, 0) is 13.5 Å². The van der Waals surface area contributed by atoms with Crippen LogP contribution in [0.25, 0.3) is 0 Å². The number of aromatic nitrogens is 3. The third kappa shape index (κ3) is 3.25. The van der Waals surface area contributed by atoms with Crippen LogP contribution in [0.2, 0.25) is 0 Å². The molecule has 0 aliphatic heterocycles. The molecule has 20 heavy (non-hydrogen) atoms. The van der Waals surface area contributed by atoms with E-state index >= 15 is 0 Å². The maximum Gasteiger partial charge on any atom is 0.253 e. The zero-order chi connectivity index (χ0) is 14.5. The molecule has 0 saturated carbocycles. The van der Waals surface area contributed by atoms with Crippen LogP contribution in [0.4, 0.5) is 5.69 Å². The smallest absolute Gasteiger partial charge is 0.253 e. The fourth-order valence-electron chi connectivity index (χ4n) is 1.76. The van der Waals surface area contributed by atoms with E-state index in [2.05, 4.69) is 15.4 Å². The summed E-state index contributed by atoms with van der Waals surface area (Å²) >= 11 is 0. The third-order valence-corrected chi connectivity index (χ3v) is 2.78. The Kier molecular flexibility index (Phi) is 4.19. The Morgan fingerprint density at radius 1 is 1.50 bits per heavy atom. The highest BCUT2D eigenvalue weighted by Gasteiger charge is 2.10. The molecule has 3 N–H and O–H groups in total. The maximum absolute atomic E-state index is 12.0. The lowest BCUT2D eigenvalue weighted by Crippen LogP contribution is -2.26. The predicted molar refractivity (Wildman–Crippen MR) is 74.4 cm³/mol. The summed E-state index contributed by atoms with van der Waals surface area (Å²) in [5, 5.41) is 6.92. The molecule has 0 fully saturated rings. The second kappa shape index (κ2) is 6.05. The number of ether oxygens (including phenoxy) is 1. The number of carbonyl (C=O) groups excluding carboxylic acids is 1. The summed E-state index contributed by atoms with van der Waals surface area (Å²) in [6.45, 7) is 0.453. The lowest BCUT2D eigenvalue weighted by Gasteiger charge is -2.08. The Bertz CT molecular complexity index is 609. The van der Waals surface area contributed by atoms with E-state index in [-0.39, 0.29) is 5.91 Å². The Balaban J connectivity index is 1.91. The highest BCUT2D eigenvalue weighted by Crippen LogP contribution is 2.19. The minimum absolute atomic E-state index is 0.221. The largest absolute Gasteiger partial charge is 0.497 e. The van der Waals surface area contributed by atoms with Gasteiger partial charge in [-0.1, -0.05) is 0 Å². The van der Waals surface area contributed by atoms with Crippen LogP contribution in [0.5, 0.6) is 5.75 Å². The van der Waals surface area contributed by atoms with Crippen molar-refractivity contribution in [3.8, 4) is 5.75 Å². The van der Waals surface area contributed by atoms with Crippen molar-refractivity contribution in [3.63, 3.8) is 0 Å². The SMILES string of the molecule is COc1ccc(C(=O)NCCc2ncn(C)n2)c(N)c1. The Morgan fingerprint density at radius 3 is 2.90 bits per heavy atom. The zero-order valence-electron chi connectivity index (χ0n) is 11.5. The van der Waals surface area contributed by atoms with Gasteiger partial charge in [0, 0.05) is 31.8 Å². The first-order chi connectivity index (χ1) is 9.60. The summed E-state index contributed by atoms with van der Waals surface area (Å²) in [7, 11) is 3.35. The van der Waals surface area contributed by atoms with Crippen molar-refractivity contribution in [3.05, 3.63) is 35.9 Å². The lowest BCUT2D eigenvalue weighted by atomic mass is 10.1. The van der Waals surface area contributed by atoms with Crippen LogP contribution in [0.15, 0.2) is 24.5 Å². The van der Waals surface area contributed by atoms with Gasteiger partial charge in [0.25, 0.3) is 5.91 Å². The van der Waals surface area contributed by atoms with Gasteiger partial charge in [0.05, 0.1) is 12.7 Å². The molecule has 1 amide bonds. The van der Waals surface area contributed by atoms with E-state index in [1.165, 1.54) is 0 Å². The molecule has 0 aliphatic carbocycles. The number of methoxy groups -OCH3 is 1. The van der Waals surface area contributed by atoms with E-state index in [9.17, 15) is 4.79 Å². The number of nitrogen functional groups attached to an aromatic ring is 1. The number of hydrogen-bond donors (Lipinski definition) is 2. The van der Waals surface area contributed by atoms with Crippen LogP contribution >= 0.6 is 0 Å². The average molecular weight is 275 g/mol. The van der Waals surface area contributed by atoms with Crippen LogP contribution in [0.1, 0.15) is 16.2 Å². The molecule has 0 aliphatic rings. The number of rotatable bonds is 5. The van der Waals surface area contributed by atoms with E-state index < -0.39 is 0 Å². The second-order valence-corrected chi connectivity index (χ2v) is 4.29. The molecule has 7 nitrogen and oxygen atoms in total. The summed E-state index contributed by atoms with van der Waals surface area (Å²) < 4.78 is 6.66. The summed E-state index contributed by atoms with van der Waals surface area (Å²) in [5.74, 6) is 1.09. The molecule has 2 aromatic rings. The Hall–Kier alpha value is -2.57. The molecule has 106 valence electrons. The van der Waals surface area contributed by atoms with E-state index in [0.29, 0.717) is 35.8 Å². The van der Waals surface area contributed by atoms with Gasteiger partial charge < -0.3 is 15.8 Å². The number of benzene rings is 1. The number of nitrogens with two attached hydrogens (primary N) is 1. The van der Waals surface area contributed by atoms with Crippen LogP contribution in [-0.4, -0.2) is 34.3 Å². The molecule has 0 spiro atoms. The Morgan fingerprint density at radius 2 is 2.30 bits per heavy atom. The fraction of sp³-hybridized carbons (Fsp3) is 0.308. The van der Waals surface area contributed by atoms with Crippen molar-refractivity contribution >= 4 is 11.6 Å². The summed E-state index contributed by atoms with van der Waals surface area (Å²) in [6, 6.07) is 4.96. The van der Waals surface area contributed by atoms with Crippen molar-refractivity contribution in [2.45, 2.75) is 6.42 Å². The van der Waals surface area contributed by atoms with Crippen LogP contribution < -0.4 is 15.8 Å². The highest BCUT2D eigenvalue weighted by molar-refractivity contribution is 5.99. The number of nitrogens with zero attached hydrogens (tertiary/aromatic N) is 3. The van der Waals surface area contributed by atoms with Crippen molar-refractivity contribution in [2.75, 3.05) is 19.4 Å². The first kappa shape index (κ1) is 13.9. The van der Waals surface area contributed by atoms with Gasteiger partial charge in [-0.15, -0.1) is 0 Å². The normalized spacial score (nSPS) is 10.3. The van der Waals surface area contributed by atoms with Gasteiger partial charge in [-0.05, 0) is 12.1 Å². The summed E-state index contributed by atoms with van der Waals surface area (Å²) in [5.41, 5.74) is 6.63. The fourth-order valence-corrected chi connectivity index (χ4v) is 1.76. The number of aryl methyl sites for hydroxylation is 1. The predicted octanol–water partition coefficient (Wildman–Crippen LogP) is 0.378. The van der Waals surface area contributed by atoms with Crippen LogP contribution in [0.3, 0.4) is 0 Å². The quantitative estimate of drug-likeness (QED) is 0.769. The van der Waals surface area contributed by atoms with E-state index in [1.54, 1.807) is 43.4 Å². The molecular weight excluding hydrogens is 258 g/mol. The second-order valence-electron chi connectivity index (χ2n) is 4.29. The van der Waals surface area contributed by atoms with Gasteiger partial charge in [-0.2, -0.15) is 5.10 Å².